The topological polar surface area (TPSA) is 56.7 Å². The molecule has 0 N–H and O–H groups in total. The summed E-state index contributed by atoms with van der Waals surface area (Å²) < 4.78 is 8.70. The van der Waals surface area contributed by atoms with Gasteiger partial charge in [0.15, 0.2) is 17.5 Å². The Labute approximate surface area is 333 Å². The van der Waals surface area contributed by atoms with Gasteiger partial charge in [-0.15, -0.1) is 0 Å². The molecule has 0 amide bonds. The SMILES string of the molecule is c1cc(-c2ccccc2-c2nc(-c3ccc4ccccc4c3)nc(-c3cccc4oc5ccccc5c34)n2)cc(-n2c3ccccc3c3cc4ccccc4cc32)c1. The van der Waals surface area contributed by atoms with Crippen molar-refractivity contribution in [1.29, 1.82) is 0 Å². The summed E-state index contributed by atoms with van der Waals surface area (Å²) in [6.45, 7) is 0. The van der Waals surface area contributed by atoms with Crippen LogP contribution < -0.4 is 0 Å². The van der Waals surface area contributed by atoms with E-state index >= 15 is 0 Å². The van der Waals surface area contributed by atoms with Gasteiger partial charge in [0, 0.05) is 43.9 Å². The molecular weight excluding hydrogens is 709 g/mol. The van der Waals surface area contributed by atoms with E-state index in [1.807, 2.05) is 30.3 Å². The summed E-state index contributed by atoms with van der Waals surface area (Å²) in [6.07, 6.45) is 0. The highest BCUT2D eigenvalue weighted by Crippen LogP contribution is 2.40. The van der Waals surface area contributed by atoms with Gasteiger partial charge in [-0.25, -0.2) is 15.0 Å². The van der Waals surface area contributed by atoms with Gasteiger partial charge < -0.3 is 8.98 Å². The van der Waals surface area contributed by atoms with Crippen LogP contribution in [0.5, 0.6) is 0 Å². The second kappa shape index (κ2) is 12.8. The van der Waals surface area contributed by atoms with Crippen LogP contribution in [0.1, 0.15) is 0 Å². The van der Waals surface area contributed by atoms with Gasteiger partial charge in [0.2, 0.25) is 0 Å². The zero-order chi connectivity index (χ0) is 38.2. The number of fused-ring (bicyclic) bond motifs is 8. The first kappa shape index (κ1) is 32.4. The zero-order valence-corrected chi connectivity index (χ0v) is 31.2. The first-order chi connectivity index (χ1) is 28.7. The fraction of sp³-hybridized carbons (Fsp3) is 0. The Kier molecular flexibility index (Phi) is 7.16. The van der Waals surface area contributed by atoms with Crippen LogP contribution >= 0.6 is 0 Å². The van der Waals surface area contributed by atoms with Gasteiger partial charge in [0.05, 0.1) is 11.0 Å². The molecular formula is C53H32N4O. The largest absolute Gasteiger partial charge is 0.456 e. The number of hydrogen-bond acceptors (Lipinski definition) is 4. The highest BCUT2D eigenvalue weighted by molar-refractivity contribution is 6.14. The number of benzene rings is 9. The van der Waals surface area contributed by atoms with Crippen molar-refractivity contribution in [2.45, 2.75) is 0 Å². The average Bonchev–Trinajstić information content (AvgIpc) is 3.83. The fourth-order valence-corrected chi connectivity index (χ4v) is 8.71. The number of furan rings is 1. The van der Waals surface area contributed by atoms with E-state index in [2.05, 4.69) is 168 Å². The van der Waals surface area contributed by atoms with Crippen molar-refractivity contribution in [3.05, 3.63) is 194 Å². The van der Waals surface area contributed by atoms with E-state index in [0.29, 0.717) is 17.5 Å². The Hall–Kier alpha value is -7.89. The Morgan fingerprint density at radius 3 is 1.83 bits per heavy atom. The predicted molar refractivity (Wildman–Crippen MR) is 238 cm³/mol. The second-order valence-electron chi connectivity index (χ2n) is 14.8. The smallest absolute Gasteiger partial charge is 0.164 e. The highest BCUT2D eigenvalue weighted by atomic mass is 16.3. The van der Waals surface area contributed by atoms with Gasteiger partial charge in [-0.1, -0.05) is 146 Å². The van der Waals surface area contributed by atoms with E-state index in [1.54, 1.807) is 0 Å². The van der Waals surface area contributed by atoms with E-state index in [1.165, 1.54) is 32.6 Å². The van der Waals surface area contributed by atoms with Crippen molar-refractivity contribution in [2.24, 2.45) is 0 Å². The molecule has 0 unspecified atom stereocenters. The summed E-state index contributed by atoms with van der Waals surface area (Å²) in [7, 11) is 0. The molecule has 0 aliphatic heterocycles. The number of hydrogen-bond donors (Lipinski definition) is 0. The molecule has 58 heavy (non-hydrogen) atoms. The van der Waals surface area contributed by atoms with E-state index in [9.17, 15) is 0 Å². The third kappa shape index (κ3) is 5.14. The molecule has 0 spiro atoms. The van der Waals surface area contributed by atoms with Crippen LogP contribution in [0.4, 0.5) is 0 Å². The lowest BCUT2D eigenvalue weighted by atomic mass is 9.98. The molecule has 0 saturated carbocycles. The molecule has 12 aromatic rings. The van der Waals surface area contributed by atoms with E-state index in [0.717, 1.165) is 66.2 Å². The fourth-order valence-electron chi connectivity index (χ4n) is 8.71. The summed E-state index contributed by atoms with van der Waals surface area (Å²) in [5.74, 6) is 1.80. The quantitative estimate of drug-likeness (QED) is 0.176. The standard InChI is InChI=1S/C53H32N4O/c1-2-14-34-29-38(28-27-33(34)13-1)51-54-52(56-53(55-51)44-23-12-26-49-50(44)43-22-8-10-25-48(43)58-49)42-21-6-5-19-40(42)37-17-11-18-39(30-37)57-46-24-9-7-20-41(46)45-31-35-15-3-4-16-36(35)32-47(45)57/h1-32H. The van der Waals surface area contributed by atoms with E-state index in [4.69, 9.17) is 19.4 Å². The molecule has 0 radical (unpaired) electrons. The van der Waals surface area contributed by atoms with Gasteiger partial charge in [0.1, 0.15) is 11.2 Å². The first-order valence-corrected chi connectivity index (χ1v) is 19.5. The molecule has 9 aromatic carbocycles. The van der Waals surface area contributed by atoms with Crippen LogP contribution in [0.2, 0.25) is 0 Å². The summed E-state index contributed by atoms with van der Waals surface area (Å²) in [6, 6.07) is 68.1. The molecule has 5 nitrogen and oxygen atoms in total. The Morgan fingerprint density at radius 1 is 0.345 bits per heavy atom. The van der Waals surface area contributed by atoms with Gasteiger partial charge in [-0.2, -0.15) is 0 Å². The number of rotatable bonds is 5. The predicted octanol–water partition coefficient (Wildman–Crippen LogP) is 13.8. The first-order valence-electron chi connectivity index (χ1n) is 19.5. The Balaban J connectivity index is 1.07. The minimum Gasteiger partial charge on any atom is -0.456 e. The Bertz CT molecular complexity index is 3600. The maximum Gasteiger partial charge on any atom is 0.164 e. The molecule has 0 saturated heterocycles. The lowest BCUT2D eigenvalue weighted by Crippen LogP contribution is -2.01. The molecule has 0 aliphatic rings. The maximum atomic E-state index is 6.31. The van der Waals surface area contributed by atoms with Gasteiger partial charge in [-0.3, -0.25) is 0 Å². The summed E-state index contributed by atoms with van der Waals surface area (Å²) in [4.78, 5) is 15.8. The number of nitrogens with zero attached hydrogens (tertiary/aromatic N) is 4. The molecule has 12 rings (SSSR count). The maximum absolute atomic E-state index is 6.31. The minimum atomic E-state index is 0.589. The molecule has 270 valence electrons. The third-order valence-corrected chi connectivity index (χ3v) is 11.4. The van der Waals surface area contributed by atoms with Crippen molar-refractivity contribution in [2.75, 3.05) is 0 Å². The molecule has 0 aliphatic carbocycles. The number of para-hydroxylation sites is 2. The normalized spacial score (nSPS) is 11.8. The van der Waals surface area contributed by atoms with Crippen LogP contribution in [-0.4, -0.2) is 19.5 Å². The van der Waals surface area contributed by atoms with Crippen molar-refractivity contribution in [3.8, 4) is 51.0 Å². The van der Waals surface area contributed by atoms with Crippen molar-refractivity contribution in [1.82, 2.24) is 19.5 Å². The molecule has 0 fully saturated rings. The van der Waals surface area contributed by atoms with Crippen molar-refractivity contribution >= 4 is 65.3 Å². The molecule has 0 atom stereocenters. The summed E-state index contributed by atoms with van der Waals surface area (Å²) in [5, 5.41) is 9.22. The second-order valence-corrected chi connectivity index (χ2v) is 14.8. The lowest BCUT2D eigenvalue weighted by molar-refractivity contribution is 0.669. The van der Waals surface area contributed by atoms with Crippen LogP contribution in [-0.2, 0) is 0 Å². The van der Waals surface area contributed by atoms with Crippen molar-refractivity contribution in [3.63, 3.8) is 0 Å². The highest BCUT2D eigenvalue weighted by Gasteiger charge is 2.20. The molecule has 0 bridgehead atoms. The molecule has 3 aromatic heterocycles. The van der Waals surface area contributed by atoms with Gasteiger partial charge in [-0.05, 0) is 81.2 Å². The minimum absolute atomic E-state index is 0.589. The Morgan fingerprint density at radius 2 is 0.966 bits per heavy atom. The van der Waals surface area contributed by atoms with Crippen LogP contribution in [0, 0.1) is 0 Å². The van der Waals surface area contributed by atoms with Gasteiger partial charge >= 0.3 is 0 Å². The monoisotopic (exact) mass is 740 g/mol. The van der Waals surface area contributed by atoms with Gasteiger partial charge in [0.25, 0.3) is 0 Å². The van der Waals surface area contributed by atoms with Crippen molar-refractivity contribution < 1.29 is 4.42 Å². The van der Waals surface area contributed by atoms with Crippen LogP contribution in [0.15, 0.2) is 199 Å². The summed E-state index contributed by atoms with van der Waals surface area (Å²) >= 11 is 0. The number of aromatic nitrogens is 4. The summed E-state index contributed by atoms with van der Waals surface area (Å²) in [5.41, 5.74) is 9.88. The average molecular weight is 741 g/mol. The zero-order valence-electron chi connectivity index (χ0n) is 31.2. The lowest BCUT2D eigenvalue weighted by Gasteiger charge is -2.14. The third-order valence-electron chi connectivity index (χ3n) is 11.4. The van der Waals surface area contributed by atoms with Crippen LogP contribution in [0.3, 0.4) is 0 Å². The van der Waals surface area contributed by atoms with E-state index in [-0.39, 0.29) is 0 Å². The van der Waals surface area contributed by atoms with Crippen LogP contribution in [0.25, 0.3) is 116 Å². The molecule has 3 heterocycles. The molecule has 5 heteroatoms. The van der Waals surface area contributed by atoms with E-state index < -0.39 is 0 Å².